The summed E-state index contributed by atoms with van der Waals surface area (Å²) in [6.07, 6.45) is 0.954. The van der Waals surface area contributed by atoms with E-state index in [4.69, 9.17) is 4.74 Å². The average Bonchev–Trinajstić information content (AvgIpc) is 2.13. The van der Waals surface area contributed by atoms with Gasteiger partial charge in [-0.15, -0.1) is 0 Å². The van der Waals surface area contributed by atoms with Crippen molar-refractivity contribution in [2.24, 2.45) is 5.41 Å². The van der Waals surface area contributed by atoms with Crippen LogP contribution < -0.4 is 4.72 Å². The molecule has 0 aromatic rings. The molecule has 1 rings (SSSR count). The fourth-order valence-corrected chi connectivity index (χ4v) is 3.52. The summed E-state index contributed by atoms with van der Waals surface area (Å²) in [6.45, 7) is 6.66. The van der Waals surface area contributed by atoms with Crippen molar-refractivity contribution in [1.29, 1.82) is 0 Å². The summed E-state index contributed by atoms with van der Waals surface area (Å²) >= 11 is 0. The highest BCUT2D eigenvalue weighted by atomic mass is 32.2. The molecule has 0 aromatic carbocycles. The fourth-order valence-electron chi connectivity index (χ4n) is 1.79. The van der Waals surface area contributed by atoms with Gasteiger partial charge in [0.25, 0.3) is 0 Å². The van der Waals surface area contributed by atoms with Gasteiger partial charge < -0.3 is 9.84 Å². The minimum absolute atomic E-state index is 0.0621. The molecular weight excluding hydrogens is 242 g/mol. The Balaban J connectivity index is 2.49. The summed E-state index contributed by atoms with van der Waals surface area (Å²) in [5.74, 6) is 0.0621. The van der Waals surface area contributed by atoms with E-state index in [-0.39, 0.29) is 17.7 Å². The zero-order valence-electron chi connectivity index (χ0n) is 10.8. The molecule has 0 spiro atoms. The Morgan fingerprint density at radius 1 is 1.29 bits per heavy atom. The number of sulfonamides is 1. The highest BCUT2D eigenvalue weighted by molar-refractivity contribution is 7.89. The normalized spacial score (nSPS) is 21.4. The predicted octanol–water partition coefficient (Wildman–Crippen LogP) is 0.493. The molecule has 0 bridgehead atoms. The molecule has 17 heavy (non-hydrogen) atoms. The van der Waals surface area contributed by atoms with Gasteiger partial charge in [-0.05, 0) is 5.41 Å². The van der Waals surface area contributed by atoms with Crippen molar-refractivity contribution in [3.63, 3.8) is 0 Å². The zero-order chi connectivity index (χ0) is 13.2. The van der Waals surface area contributed by atoms with E-state index in [2.05, 4.69) is 4.72 Å². The number of ether oxygens (including phenoxy) is 1. The van der Waals surface area contributed by atoms with Crippen molar-refractivity contribution in [2.45, 2.75) is 39.2 Å². The zero-order valence-corrected chi connectivity index (χ0v) is 11.6. The Labute approximate surface area is 104 Å². The highest BCUT2D eigenvalue weighted by Gasteiger charge is 2.32. The quantitative estimate of drug-likeness (QED) is 0.776. The van der Waals surface area contributed by atoms with Crippen molar-refractivity contribution in [3.8, 4) is 0 Å². The molecule has 0 aliphatic carbocycles. The van der Waals surface area contributed by atoms with E-state index in [1.54, 1.807) is 0 Å². The summed E-state index contributed by atoms with van der Waals surface area (Å²) in [5, 5.41) is 10.1. The van der Waals surface area contributed by atoms with Gasteiger partial charge in [-0.1, -0.05) is 20.8 Å². The third kappa shape index (κ3) is 5.81. The van der Waals surface area contributed by atoms with Crippen LogP contribution in [0.1, 0.15) is 33.6 Å². The average molecular weight is 265 g/mol. The molecule has 0 aromatic heterocycles. The molecule has 1 saturated heterocycles. The van der Waals surface area contributed by atoms with Crippen LogP contribution in [0, 0.1) is 5.41 Å². The van der Waals surface area contributed by atoms with Crippen molar-refractivity contribution in [2.75, 3.05) is 25.5 Å². The monoisotopic (exact) mass is 265 g/mol. The molecule has 0 atom stereocenters. The van der Waals surface area contributed by atoms with Crippen LogP contribution in [-0.4, -0.2) is 44.6 Å². The molecule has 2 N–H and O–H groups in total. The van der Waals surface area contributed by atoms with Gasteiger partial charge >= 0.3 is 0 Å². The fraction of sp³-hybridized carbons (Fsp3) is 1.00. The summed E-state index contributed by atoms with van der Waals surface area (Å²) in [7, 11) is -3.33. The van der Waals surface area contributed by atoms with Crippen molar-refractivity contribution < 1.29 is 18.3 Å². The standard InChI is InChI=1S/C11H23NO4S/c1-10(2,3)9-17(14,15)12-8-11(13)4-6-16-7-5-11/h12-13H,4-9H2,1-3H3. The van der Waals surface area contributed by atoms with Crippen LogP contribution >= 0.6 is 0 Å². The van der Waals surface area contributed by atoms with Gasteiger partial charge in [0.15, 0.2) is 0 Å². The van der Waals surface area contributed by atoms with Crippen LogP contribution in [0.5, 0.6) is 0 Å². The molecule has 102 valence electrons. The molecule has 6 heteroatoms. The van der Waals surface area contributed by atoms with E-state index < -0.39 is 15.6 Å². The maximum Gasteiger partial charge on any atom is 0.212 e. The highest BCUT2D eigenvalue weighted by Crippen LogP contribution is 2.20. The maximum atomic E-state index is 11.8. The second-order valence-corrected chi connectivity index (χ2v) is 7.78. The maximum absolute atomic E-state index is 11.8. The van der Waals surface area contributed by atoms with Gasteiger partial charge in [-0.3, -0.25) is 0 Å². The Morgan fingerprint density at radius 2 is 1.82 bits per heavy atom. The largest absolute Gasteiger partial charge is 0.388 e. The lowest BCUT2D eigenvalue weighted by Gasteiger charge is -2.32. The molecule has 0 saturated carbocycles. The van der Waals surface area contributed by atoms with E-state index in [0.29, 0.717) is 26.1 Å². The second-order valence-electron chi connectivity index (χ2n) is 5.98. The third-order valence-electron chi connectivity index (χ3n) is 2.67. The van der Waals surface area contributed by atoms with Gasteiger partial charge in [0.05, 0.1) is 11.4 Å². The van der Waals surface area contributed by atoms with Gasteiger partial charge in [-0.2, -0.15) is 0 Å². The topological polar surface area (TPSA) is 75.6 Å². The molecule has 0 radical (unpaired) electrons. The number of hydrogen-bond donors (Lipinski definition) is 2. The lowest BCUT2D eigenvalue weighted by atomic mass is 9.95. The summed E-state index contributed by atoms with van der Waals surface area (Å²) < 4.78 is 31.2. The van der Waals surface area contributed by atoms with Crippen molar-refractivity contribution >= 4 is 10.0 Å². The Bertz CT molecular complexity index is 339. The molecule has 0 amide bonds. The van der Waals surface area contributed by atoms with Crippen molar-refractivity contribution in [1.82, 2.24) is 4.72 Å². The van der Waals surface area contributed by atoms with Crippen LogP contribution in [0.3, 0.4) is 0 Å². The van der Waals surface area contributed by atoms with Gasteiger partial charge in [0.1, 0.15) is 0 Å². The van der Waals surface area contributed by atoms with Crippen molar-refractivity contribution in [3.05, 3.63) is 0 Å². The van der Waals surface area contributed by atoms with Gasteiger partial charge in [-0.25, -0.2) is 13.1 Å². The Kier molecular flexibility index (Phi) is 4.57. The van der Waals surface area contributed by atoms with Crippen LogP contribution in [0.4, 0.5) is 0 Å². The van der Waals surface area contributed by atoms with E-state index in [1.165, 1.54) is 0 Å². The molecule has 1 heterocycles. The van der Waals surface area contributed by atoms with Gasteiger partial charge in [0.2, 0.25) is 10.0 Å². The molecular formula is C11H23NO4S. The first-order chi connectivity index (χ1) is 7.62. The Hall–Kier alpha value is -0.170. The number of hydrogen-bond acceptors (Lipinski definition) is 4. The van der Waals surface area contributed by atoms with E-state index in [0.717, 1.165) is 0 Å². The minimum atomic E-state index is -3.33. The number of rotatable bonds is 4. The molecule has 0 unspecified atom stereocenters. The predicted molar refractivity (Wildman–Crippen MR) is 66.2 cm³/mol. The van der Waals surface area contributed by atoms with Gasteiger partial charge in [0, 0.05) is 32.6 Å². The summed E-state index contributed by atoms with van der Waals surface area (Å²) in [6, 6.07) is 0. The number of nitrogens with one attached hydrogen (secondary N) is 1. The summed E-state index contributed by atoms with van der Waals surface area (Å²) in [5.41, 5.74) is -1.24. The summed E-state index contributed by atoms with van der Waals surface area (Å²) in [4.78, 5) is 0. The first-order valence-corrected chi connectivity index (χ1v) is 7.55. The second kappa shape index (κ2) is 5.22. The minimum Gasteiger partial charge on any atom is -0.388 e. The van der Waals surface area contributed by atoms with Crippen LogP contribution in [0.25, 0.3) is 0 Å². The van der Waals surface area contributed by atoms with E-state index in [9.17, 15) is 13.5 Å². The van der Waals surface area contributed by atoms with Crippen LogP contribution in [-0.2, 0) is 14.8 Å². The molecule has 5 nitrogen and oxygen atoms in total. The lowest BCUT2D eigenvalue weighted by Crippen LogP contribution is -2.47. The third-order valence-corrected chi connectivity index (χ3v) is 4.50. The molecule has 1 fully saturated rings. The van der Waals surface area contributed by atoms with E-state index >= 15 is 0 Å². The number of aliphatic hydroxyl groups is 1. The smallest absolute Gasteiger partial charge is 0.212 e. The molecule has 1 aliphatic heterocycles. The lowest BCUT2D eigenvalue weighted by molar-refractivity contribution is -0.0588. The Morgan fingerprint density at radius 3 is 2.29 bits per heavy atom. The van der Waals surface area contributed by atoms with E-state index in [1.807, 2.05) is 20.8 Å². The first kappa shape index (κ1) is 14.9. The first-order valence-electron chi connectivity index (χ1n) is 5.89. The molecule has 1 aliphatic rings. The SMILES string of the molecule is CC(C)(C)CS(=O)(=O)NCC1(O)CCOCC1. The van der Waals surface area contributed by atoms with Crippen LogP contribution in [0.15, 0.2) is 0 Å². The van der Waals surface area contributed by atoms with Crippen LogP contribution in [0.2, 0.25) is 0 Å².